The molecule has 4 nitrogen and oxygen atoms in total. The summed E-state index contributed by atoms with van der Waals surface area (Å²) in [4.78, 5) is 23.3. The van der Waals surface area contributed by atoms with E-state index in [1.54, 1.807) is 80.6 Å². The molecule has 0 saturated carbocycles. The number of ether oxygens (including phenoxy) is 2. The van der Waals surface area contributed by atoms with Gasteiger partial charge in [-0.25, -0.2) is 14.0 Å². The van der Waals surface area contributed by atoms with Gasteiger partial charge in [-0.1, -0.05) is 73.9 Å². The first-order valence-electron chi connectivity index (χ1n) is 10.8. The fraction of sp³-hybridized carbons (Fsp3) is 0.0667. The van der Waals surface area contributed by atoms with Crippen LogP contribution in [0.3, 0.4) is 0 Å². The summed E-state index contributed by atoms with van der Waals surface area (Å²) in [5.41, 5.74) is 3.39. The second-order valence-electron chi connectivity index (χ2n) is 7.93. The van der Waals surface area contributed by atoms with E-state index >= 15 is 0 Å². The quantitative estimate of drug-likeness (QED) is 0.153. The summed E-state index contributed by atoms with van der Waals surface area (Å²) in [5, 5.41) is 0. The average molecular weight is 469 g/mol. The summed E-state index contributed by atoms with van der Waals surface area (Å²) in [6.07, 6.45) is 7.04. The van der Waals surface area contributed by atoms with Crippen LogP contribution in [0, 0.1) is 5.82 Å². The maximum Gasteiger partial charge on any atom is 0.338 e. The van der Waals surface area contributed by atoms with Crippen LogP contribution in [0.1, 0.15) is 36.1 Å². The highest BCUT2D eigenvalue weighted by Gasteiger charge is 2.06. The molecule has 0 saturated heterocycles. The van der Waals surface area contributed by atoms with Crippen LogP contribution in [0.4, 0.5) is 4.39 Å². The summed E-state index contributed by atoms with van der Waals surface area (Å²) in [6.45, 7) is 10.3. The molecule has 0 aliphatic heterocycles. The van der Waals surface area contributed by atoms with Crippen molar-refractivity contribution in [1.29, 1.82) is 0 Å². The lowest BCUT2D eigenvalue weighted by Crippen LogP contribution is -2.08. The molecule has 0 bridgehead atoms. The maximum absolute atomic E-state index is 14.6. The number of esters is 2. The highest BCUT2D eigenvalue weighted by Crippen LogP contribution is 2.20. The van der Waals surface area contributed by atoms with E-state index in [9.17, 15) is 14.0 Å². The van der Waals surface area contributed by atoms with Crippen molar-refractivity contribution in [2.75, 3.05) is 0 Å². The van der Waals surface area contributed by atoms with E-state index in [1.807, 2.05) is 18.2 Å². The third-order valence-corrected chi connectivity index (χ3v) is 4.80. The molecule has 5 heteroatoms. The van der Waals surface area contributed by atoms with E-state index in [0.717, 1.165) is 11.1 Å². The smallest absolute Gasteiger partial charge is 0.338 e. The van der Waals surface area contributed by atoms with Gasteiger partial charge in [0, 0.05) is 16.7 Å². The van der Waals surface area contributed by atoms with Gasteiger partial charge in [-0.3, -0.25) is 0 Å². The van der Waals surface area contributed by atoms with Crippen LogP contribution in [0.2, 0.25) is 0 Å². The van der Waals surface area contributed by atoms with Crippen LogP contribution in [-0.2, 0) is 9.59 Å². The molecule has 0 aromatic heterocycles. The lowest BCUT2D eigenvalue weighted by Gasteiger charge is -2.04. The Morgan fingerprint density at radius 2 is 1.23 bits per heavy atom. The van der Waals surface area contributed by atoms with Gasteiger partial charge >= 0.3 is 11.9 Å². The molecule has 0 amide bonds. The first-order valence-corrected chi connectivity index (χ1v) is 10.8. The van der Waals surface area contributed by atoms with Gasteiger partial charge in [0.1, 0.15) is 17.3 Å². The number of carbonyl (C=O) groups excluding carboxylic acids is 2. The fourth-order valence-electron chi connectivity index (χ4n) is 2.88. The monoisotopic (exact) mass is 468 g/mol. The standard InChI is InChI=1S/C30H25FO4/c1-20(2)29(32)34-26-16-12-22(13-17-26)8-9-24-11-15-25(28(31)19-24)14-10-23-6-5-7-27(18-23)35-30(33)21(3)4/h5-19H,1,3H2,2,4H3/b9-8+,14-10+. The second kappa shape index (κ2) is 11.6. The van der Waals surface area contributed by atoms with E-state index in [2.05, 4.69) is 13.2 Å². The third kappa shape index (κ3) is 7.51. The van der Waals surface area contributed by atoms with Gasteiger partial charge in [-0.2, -0.15) is 0 Å². The molecule has 0 heterocycles. The molecule has 3 aromatic rings. The predicted molar refractivity (Wildman–Crippen MR) is 138 cm³/mol. The van der Waals surface area contributed by atoms with Crippen molar-refractivity contribution in [3.63, 3.8) is 0 Å². The lowest BCUT2D eigenvalue weighted by atomic mass is 10.1. The topological polar surface area (TPSA) is 52.6 Å². The van der Waals surface area contributed by atoms with Crippen molar-refractivity contribution < 1.29 is 23.5 Å². The molecule has 0 spiro atoms. The van der Waals surface area contributed by atoms with E-state index in [-0.39, 0.29) is 5.82 Å². The Balaban J connectivity index is 1.66. The van der Waals surface area contributed by atoms with E-state index in [4.69, 9.17) is 9.47 Å². The Morgan fingerprint density at radius 3 is 1.86 bits per heavy atom. The van der Waals surface area contributed by atoms with Crippen LogP contribution in [0.25, 0.3) is 24.3 Å². The zero-order valence-corrected chi connectivity index (χ0v) is 19.6. The Hall–Kier alpha value is -4.51. The van der Waals surface area contributed by atoms with Gasteiger partial charge in [-0.15, -0.1) is 0 Å². The van der Waals surface area contributed by atoms with Crippen LogP contribution < -0.4 is 9.47 Å². The highest BCUT2D eigenvalue weighted by atomic mass is 19.1. The number of rotatable bonds is 8. The number of hydrogen-bond donors (Lipinski definition) is 0. The van der Waals surface area contributed by atoms with E-state index in [1.165, 1.54) is 6.07 Å². The Kier molecular flexibility index (Phi) is 8.30. The number of carbonyl (C=O) groups is 2. The molecule has 3 rings (SSSR count). The molecule has 0 unspecified atom stereocenters. The van der Waals surface area contributed by atoms with Gasteiger partial charge in [0.15, 0.2) is 0 Å². The van der Waals surface area contributed by atoms with Gasteiger partial charge < -0.3 is 9.47 Å². The Labute approximate surface area is 204 Å². The third-order valence-electron chi connectivity index (χ3n) is 4.80. The minimum Gasteiger partial charge on any atom is -0.423 e. The average Bonchev–Trinajstić information content (AvgIpc) is 2.83. The predicted octanol–water partition coefficient (Wildman–Crippen LogP) is 7.13. The molecular weight excluding hydrogens is 443 g/mol. The molecule has 0 fully saturated rings. The van der Waals surface area contributed by atoms with Crippen molar-refractivity contribution in [3.05, 3.63) is 119 Å². The van der Waals surface area contributed by atoms with Crippen LogP contribution in [0.15, 0.2) is 91.0 Å². The van der Waals surface area contributed by atoms with Crippen molar-refractivity contribution in [2.24, 2.45) is 0 Å². The van der Waals surface area contributed by atoms with Gasteiger partial charge in [0.2, 0.25) is 0 Å². The van der Waals surface area contributed by atoms with Crippen molar-refractivity contribution in [1.82, 2.24) is 0 Å². The first kappa shape index (κ1) is 25.1. The van der Waals surface area contributed by atoms with E-state index < -0.39 is 11.9 Å². The van der Waals surface area contributed by atoms with Crippen LogP contribution >= 0.6 is 0 Å². The first-order chi connectivity index (χ1) is 16.7. The lowest BCUT2D eigenvalue weighted by molar-refractivity contribution is -0.130. The molecule has 3 aromatic carbocycles. The molecular formula is C30H25FO4. The highest BCUT2D eigenvalue weighted by molar-refractivity contribution is 5.89. The van der Waals surface area contributed by atoms with Crippen LogP contribution in [-0.4, -0.2) is 11.9 Å². The summed E-state index contributed by atoms with van der Waals surface area (Å²) in [7, 11) is 0. The summed E-state index contributed by atoms with van der Waals surface area (Å²) in [6, 6.07) is 18.9. The van der Waals surface area contributed by atoms with Crippen molar-refractivity contribution >= 4 is 36.2 Å². The Bertz CT molecular complexity index is 1330. The Morgan fingerprint density at radius 1 is 0.686 bits per heavy atom. The van der Waals surface area contributed by atoms with Crippen molar-refractivity contribution in [2.45, 2.75) is 13.8 Å². The molecule has 0 radical (unpaired) electrons. The molecule has 0 atom stereocenters. The molecule has 0 N–H and O–H groups in total. The van der Waals surface area contributed by atoms with Gasteiger partial charge in [-0.05, 0) is 60.9 Å². The van der Waals surface area contributed by atoms with Crippen LogP contribution in [0.5, 0.6) is 11.5 Å². The zero-order valence-electron chi connectivity index (χ0n) is 19.6. The maximum atomic E-state index is 14.6. The normalized spacial score (nSPS) is 10.9. The zero-order chi connectivity index (χ0) is 25.4. The molecule has 35 heavy (non-hydrogen) atoms. The summed E-state index contributed by atoms with van der Waals surface area (Å²) < 4.78 is 25.0. The number of halogens is 1. The fourth-order valence-corrected chi connectivity index (χ4v) is 2.88. The summed E-state index contributed by atoms with van der Waals surface area (Å²) >= 11 is 0. The minimum absolute atomic E-state index is 0.309. The number of benzene rings is 3. The SMILES string of the molecule is C=C(C)C(=O)Oc1ccc(/C=C/c2ccc(/C=C/c3cccc(OC(=O)C(=C)C)c3)c(F)c2)cc1. The van der Waals surface area contributed by atoms with Crippen molar-refractivity contribution in [3.8, 4) is 11.5 Å². The largest absolute Gasteiger partial charge is 0.423 e. The van der Waals surface area contributed by atoms with Gasteiger partial charge in [0.05, 0.1) is 0 Å². The molecule has 0 aliphatic carbocycles. The second-order valence-corrected chi connectivity index (χ2v) is 7.93. The van der Waals surface area contributed by atoms with E-state index in [0.29, 0.717) is 33.8 Å². The summed E-state index contributed by atoms with van der Waals surface area (Å²) in [5.74, 6) is -0.518. The molecule has 0 aliphatic rings. The van der Waals surface area contributed by atoms with Gasteiger partial charge in [0.25, 0.3) is 0 Å². The molecule has 176 valence electrons. The minimum atomic E-state index is -0.497. The number of hydrogen-bond acceptors (Lipinski definition) is 4.